The molecule has 0 amide bonds. The van der Waals surface area contributed by atoms with Gasteiger partial charge in [0.25, 0.3) is 0 Å². The molecule has 1 rings (SSSR count). The number of nitriles is 1. The average Bonchev–Trinajstić information content (AvgIpc) is 2.26. The van der Waals surface area contributed by atoms with Gasteiger partial charge in [0, 0.05) is 12.7 Å². The van der Waals surface area contributed by atoms with Crippen LogP contribution in [0.25, 0.3) is 0 Å². The molecule has 0 spiro atoms. The Balaban J connectivity index is 3.08. The fraction of sp³-hybridized carbons (Fsp3) is 0.417. The summed E-state index contributed by atoms with van der Waals surface area (Å²) >= 11 is 0. The predicted octanol–water partition coefficient (Wildman–Crippen LogP) is 2.92. The third kappa shape index (κ3) is 2.05. The van der Waals surface area contributed by atoms with Crippen molar-refractivity contribution in [1.29, 1.82) is 5.26 Å². The molecule has 1 aromatic carbocycles. The largest absolute Gasteiger partial charge is 0.388 e. The van der Waals surface area contributed by atoms with Gasteiger partial charge in [-0.2, -0.15) is 5.26 Å². The van der Waals surface area contributed by atoms with Crippen LogP contribution in [0.1, 0.15) is 30.9 Å². The second-order valence-corrected chi connectivity index (χ2v) is 3.37. The molecule has 0 bridgehead atoms. The van der Waals surface area contributed by atoms with Crippen molar-refractivity contribution in [2.75, 3.05) is 12.4 Å². The lowest BCUT2D eigenvalue weighted by Crippen LogP contribution is -1.97. The molecular weight excluding hydrogens is 172 g/mol. The average molecular weight is 188 g/mol. The van der Waals surface area contributed by atoms with E-state index >= 15 is 0 Å². The van der Waals surface area contributed by atoms with Crippen LogP contribution >= 0.6 is 0 Å². The zero-order chi connectivity index (χ0) is 10.6. The second-order valence-electron chi connectivity index (χ2n) is 3.37. The molecule has 0 radical (unpaired) electrons. The number of rotatable bonds is 3. The molecule has 0 aliphatic rings. The molecule has 0 aromatic heterocycles. The van der Waals surface area contributed by atoms with E-state index in [-0.39, 0.29) is 5.92 Å². The van der Waals surface area contributed by atoms with E-state index in [9.17, 15) is 0 Å². The Morgan fingerprint density at radius 2 is 2.21 bits per heavy atom. The molecule has 74 valence electrons. The minimum absolute atomic E-state index is 0.0220. The summed E-state index contributed by atoms with van der Waals surface area (Å²) in [5.41, 5.74) is 3.52. The maximum Gasteiger partial charge on any atom is 0.0700 e. The Labute approximate surface area is 85.6 Å². The molecular formula is C12H16N2. The van der Waals surface area contributed by atoms with Gasteiger partial charge in [-0.15, -0.1) is 0 Å². The molecule has 1 aromatic rings. The normalized spacial score (nSPS) is 11.9. The van der Waals surface area contributed by atoms with Crippen LogP contribution in [0.4, 0.5) is 5.69 Å². The molecule has 2 heteroatoms. The van der Waals surface area contributed by atoms with Crippen LogP contribution in [0.2, 0.25) is 0 Å². The van der Waals surface area contributed by atoms with E-state index in [1.54, 1.807) is 0 Å². The van der Waals surface area contributed by atoms with Crippen LogP contribution in [-0.2, 0) is 6.42 Å². The number of aryl methyl sites for hydroxylation is 1. The highest BCUT2D eigenvalue weighted by molar-refractivity contribution is 5.53. The van der Waals surface area contributed by atoms with Gasteiger partial charge in [-0.3, -0.25) is 0 Å². The first-order valence-electron chi connectivity index (χ1n) is 4.93. The van der Waals surface area contributed by atoms with Gasteiger partial charge in [0.15, 0.2) is 0 Å². The van der Waals surface area contributed by atoms with Gasteiger partial charge in [-0.1, -0.05) is 19.1 Å². The highest BCUT2D eigenvalue weighted by Gasteiger charge is 2.06. The third-order valence-corrected chi connectivity index (χ3v) is 2.47. The first kappa shape index (κ1) is 10.6. The van der Waals surface area contributed by atoms with Gasteiger partial charge >= 0.3 is 0 Å². The number of nitrogens with zero attached hydrogens (tertiary/aromatic N) is 1. The van der Waals surface area contributed by atoms with Crippen molar-refractivity contribution < 1.29 is 0 Å². The Bertz CT molecular complexity index is 350. The Morgan fingerprint density at radius 3 is 2.71 bits per heavy atom. The Morgan fingerprint density at radius 1 is 1.50 bits per heavy atom. The van der Waals surface area contributed by atoms with E-state index < -0.39 is 0 Å². The second kappa shape index (κ2) is 4.66. The minimum atomic E-state index is -0.0220. The van der Waals surface area contributed by atoms with Crippen molar-refractivity contribution in [2.24, 2.45) is 0 Å². The number of hydrogen-bond donors (Lipinski definition) is 1. The van der Waals surface area contributed by atoms with Crippen molar-refractivity contribution in [3.8, 4) is 6.07 Å². The van der Waals surface area contributed by atoms with Crippen molar-refractivity contribution in [2.45, 2.75) is 26.2 Å². The summed E-state index contributed by atoms with van der Waals surface area (Å²) in [5, 5.41) is 12.0. The predicted molar refractivity (Wildman–Crippen MR) is 59.4 cm³/mol. The fourth-order valence-corrected chi connectivity index (χ4v) is 1.49. The first-order chi connectivity index (χ1) is 6.72. The monoisotopic (exact) mass is 188 g/mol. The van der Waals surface area contributed by atoms with Gasteiger partial charge in [0.2, 0.25) is 0 Å². The molecule has 2 nitrogen and oxygen atoms in total. The summed E-state index contributed by atoms with van der Waals surface area (Å²) in [4.78, 5) is 0. The van der Waals surface area contributed by atoms with Gasteiger partial charge in [0.05, 0.1) is 12.0 Å². The molecule has 0 aliphatic carbocycles. The maximum atomic E-state index is 8.81. The summed E-state index contributed by atoms with van der Waals surface area (Å²) in [5.74, 6) is -0.0220. The first-order valence-corrected chi connectivity index (χ1v) is 4.93. The SMILES string of the molecule is CCc1cc(C(C)C#N)ccc1NC. The molecule has 0 saturated heterocycles. The number of hydrogen-bond acceptors (Lipinski definition) is 2. The van der Waals surface area contributed by atoms with Gasteiger partial charge < -0.3 is 5.32 Å². The molecule has 0 saturated carbocycles. The van der Waals surface area contributed by atoms with Gasteiger partial charge in [0.1, 0.15) is 0 Å². The molecule has 14 heavy (non-hydrogen) atoms. The van der Waals surface area contributed by atoms with Crippen LogP contribution < -0.4 is 5.32 Å². The van der Waals surface area contributed by atoms with Gasteiger partial charge in [-0.25, -0.2) is 0 Å². The molecule has 1 atom stereocenters. The van der Waals surface area contributed by atoms with Crippen LogP contribution in [0.5, 0.6) is 0 Å². The van der Waals surface area contributed by atoms with E-state index in [0.29, 0.717) is 0 Å². The Kier molecular flexibility index (Phi) is 3.53. The van der Waals surface area contributed by atoms with E-state index in [1.807, 2.05) is 26.1 Å². The third-order valence-electron chi connectivity index (χ3n) is 2.47. The smallest absolute Gasteiger partial charge is 0.0700 e. The number of anilines is 1. The highest BCUT2D eigenvalue weighted by atomic mass is 14.8. The van der Waals surface area contributed by atoms with Crippen LogP contribution in [0.15, 0.2) is 18.2 Å². The summed E-state index contributed by atoms with van der Waals surface area (Å²) in [6.07, 6.45) is 0.988. The summed E-state index contributed by atoms with van der Waals surface area (Å²) < 4.78 is 0. The number of benzene rings is 1. The van der Waals surface area contributed by atoms with Crippen molar-refractivity contribution in [1.82, 2.24) is 0 Å². The number of nitrogens with one attached hydrogen (secondary N) is 1. The summed E-state index contributed by atoms with van der Waals surface area (Å²) in [7, 11) is 1.92. The van der Waals surface area contributed by atoms with Gasteiger partial charge in [-0.05, 0) is 30.5 Å². The van der Waals surface area contributed by atoms with Crippen molar-refractivity contribution >= 4 is 5.69 Å². The molecule has 0 heterocycles. The molecule has 0 fully saturated rings. The molecule has 0 aliphatic heterocycles. The van der Waals surface area contributed by atoms with Crippen molar-refractivity contribution in [3.05, 3.63) is 29.3 Å². The summed E-state index contributed by atoms with van der Waals surface area (Å²) in [6.45, 7) is 4.05. The standard InChI is InChI=1S/C12H16N2/c1-4-10-7-11(9(2)8-13)5-6-12(10)14-3/h5-7,9,14H,4H2,1-3H3. The molecule has 1 N–H and O–H groups in total. The zero-order valence-electron chi connectivity index (χ0n) is 8.96. The van der Waals surface area contributed by atoms with Crippen LogP contribution in [-0.4, -0.2) is 7.05 Å². The lowest BCUT2D eigenvalue weighted by Gasteiger charge is -2.10. The fourth-order valence-electron chi connectivity index (χ4n) is 1.49. The lowest BCUT2D eigenvalue weighted by molar-refractivity contribution is 0.972. The minimum Gasteiger partial charge on any atom is -0.388 e. The quantitative estimate of drug-likeness (QED) is 0.791. The maximum absolute atomic E-state index is 8.81. The summed E-state index contributed by atoms with van der Waals surface area (Å²) in [6, 6.07) is 8.42. The van der Waals surface area contributed by atoms with Crippen LogP contribution in [0.3, 0.4) is 0 Å². The van der Waals surface area contributed by atoms with Crippen molar-refractivity contribution in [3.63, 3.8) is 0 Å². The topological polar surface area (TPSA) is 35.8 Å². The zero-order valence-corrected chi connectivity index (χ0v) is 8.96. The lowest BCUT2D eigenvalue weighted by atomic mass is 9.98. The van der Waals surface area contributed by atoms with E-state index in [2.05, 4.69) is 24.4 Å². The van der Waals surface area contributed by atoms with E-state index in [1.165, 1.54) is 5.56 Å². The molecule has 1 unspecified atom stereocenters. The Hall–Kier alpha value is -1.49. The van der Waals surface area contributed by atoms with E-state index in [4.69, 9.17) is 5.26 Å². The van der Waals surface area contributed by atoms with Crippen LogP contribution in [0, 0.1) is 11.3 Å². The highest BCUT2D eigenvalue weighted by Crippen LogP contribution is 2.22. The van der Waals surface area contributed by atoms with E-state index in [0.717, 1.165) is 17.7 Å².